The molecule has 1 heterocycles. The number of nitrogens with zero attached hydrogens (tertiary/aromatic N) is 1. The van der Waals surface area contributed by atoms with Crippen LogP contribution in [0.15, 0.2) is 0 Å². The third-order valence-corrected chi connectivity index (χ3v) is 2.22. The molecule has 1 saturated heterocycles. The van der Waals surface area contributed by atoms with Crippen molar-refractivity contribution in [2.45, 2.75) is 20.8 Å². The van der Waals surface area contributed by atoms with E-state index in [1.807, 2.05) is 20.8 Å². The molecule has 0 aliphatic carbocycles. The van der Waals surface area contributed by atoms with E-state index in [-0.39, 0.29) is 37.2 Å². The fraction of sp³-hybridized carbons (Fsp3) is 0.700. The molecule has 84 valence electrons. The molecule has 5 nitrogen and oxygen atoms in total. The second kappa shape index (κ2) is 4.10. The first-order valence-corrected chi connectivity index (χ1v) is 4.87. The van der Waals surface area contributed by atoms with Crippen molar-refractivity contribution in [2.24, 2.45) is 5.41 Å². The number of ketones is 1. The van der Waals surface area contributed by atoms with Crippen molar-refractivity contribution in [2.75, 3.05) is 19.6 Å². The molecule has 0 bridgehead atoms. The lowest BCUT2D eigenvalue weighted by atomic mass is 9.90. The van der Waals surface area contributed by atoms with Gasteiger partial charge < -0.3 is 0 Å². The zero-order valence-corrected chi connectivity index (χ0v) is 9.29. The summed E-state index contributed by atoms with van der Waals surface area (Å²) >= 11 is 0. The topological polar surface area (TPSA) is 66.5 Å². The Hall–Kier alpha value is -1.23. The van der Waals surface area contributed by atoms with Crippen molar-refractivity contribution in [3.63, 3.8) is 0 Å². The number of Topliss-reactive ketones (excluding diaryl/α,β-unsaturated/α-hetero) is 1. The summed E-state index contributed by atoms with van der Waals surface area (Å²) in [4.78, 5) is 35.3. The molecule has 1 aliphatic heterocycles. The Morgan fingerprint density at radius 2 is 1.73 bits per heavy atom. The first kappa shape index (κ1) is 11.8. The van der Waals surface area contributed by atoms with Gasteiger partial charge >= 0.3 is 0 Å². The Balaban J connectivity index is 2.55. The average molecular weight is 212 g/mol. The van der Waals surface area contributed by atoms with Crippen molar-refractivity contribution in [3.05, 3.63) is 0 Å². The third kappa shape index (κ3) is 3.43. The van der Waals surface area contributed by atoms with Crippen molar-refractivity contribution in [1.82, 2.24) is 10.2 Å². The molecule has 5 heteroatoms. The van der Waals surface area contributed by atoms with Gasteiger partial charge in [0.25, 0.3) is 0 Å². The van der Waals surface area contributed by atoms with Crippen LogP contribution in [-0.2, 0) is 14.4 Å². The second-order valence-electron chi connectivity index (χ2n) is 4.79. The number of piperazine rings is 1. The molecule has 0 aromatic rings. The first-order chi connectivity index (χ1) is 6.79. The minimum Gasteiger partial charge on any atom is -0.298 e. The number of nitrogens with one attached hydrogen (secondary N) is 1. The molecule has 15 heavy (non-hydrogen) atoms. The number of hydrogen-bond acceptors (Lipinski definition) is 4. The van der Waals surface area contributed by atoms with Gasteiger partial charge in [-0.25, -0.2) is 0 Å². The van der Waals surface area contributed by atoms with Crippen LogP contribution in [0.1, 0.15) is 20.8 Å². The molecule has 1 N–H and O–H groups in total. The van der Waals surface area contributed by atoms with Crippen LogP contribution in [0.4, 0.5) is 0 Å². The molecular weight excluding hydrogens is 196 g/mol. The number of hydrogen-bond donors (Lipinski definition) is 1. The van der Waals surface area contributed by atoms with E-state index in [1.165, 1.54) is 0 Å². The van der Waals surface area contributed by atoms with Crippen molar-refractivity contribution >= 4 is 17.6 Å². The van der Waals surface area contributed by atoms with Crippen LogP contribution >= 0.6 is 0 Å². The van der Waals surface area contributed by atoms with E-state index >= 15 is 0 Å². The average Bonchev–Trinajstić information content (AvgIpc) is 1.99. The molecule has 0 aromatic heterocycles. The summed E-state index contributed by atoms with van der Waals surface area (Å²) in [6, 6.07) is 0. The van der Waals surface area contributed by atoms with Crippen LogP contribution in [-0.4, -0.2) is 42.1 Å². The fourth-order valence-electron chi connectivity index (χ4n) is 1.25. The Morgan fingerprint density at radius 3 is 2.13 bits per heavy atom. The highest BCUT2D eigenvalue weighted by Crippen LogP contribution is 2.15. The number of carbonyl (C=O) groups excluding carboxylic acids is 3. The highest BCUT2D eigenvalue weighted by Gasteiger charge is 2.28. The zero-order valence-electron chi connectivity index (χ0n) is 9.29. The monoisotopic (exact) mass is 212 g/mol. The quantitative estimate of drug-likeness (QED) is 0.630. The van der Waals surface area contributed by atoms with E-state index in [4.69, 9.17) is 0 Å². The first-order valence-electron chi connectivity index (χ1n) is 4.87. The van der Waals surface area contributed by atoms with Crippen molar-refractivity contribution in [1.29, 1.82) is 0 Å². The summed E-state index contributed by atoms with van der Waals surface area (Å²) in [5.41, 5.74) is -0.434. The van der Waals surface area contributed by atoms with E-state index in [9.17, 15) is 14.4 Å². The molecule has 1 fully saturated rings. The summed E-state index contributed by atoms with van der Waals surface area (Å²) in [5.74, 6) is -0.647. The normalized spacial score (nSPS) is 18.9. The maximum Gasteiger partial charge on any atom is 0.240 e. The highest BCUT2D eigenvalue weighted by molar-refractivity contribution is 6.00. The fourth-order valence-corrected chi connectivity index (χ4v) is 1.25. The third-order valence-electron chi connectivity index (χ3n) is 2.22. The molecule has 0 spiro atoms. The van der Waals surface area contributed by atoms with E-state index in [0.717, 1.165) is 0 Å². The maximum atomic E-state index is 11.7. The minimum atomic E-state index is -0.434. The lowest BCUT2D eigenvalue weighted by Crippen LogP contribution is -2.53. The molecule has 0 unspecified atom stereocenters. The molecule has 2 amide bonds. The predicted molar refractivity (Wildman–Crippen MR) is 54.1 cm³/mol. The largest absolute Gasteiger partial charge is 0.298 e. The van der Waals surface area contributed by atoms with Crippen LogP contribution in [0, 0.1) is 5.41 Å². The summed E-state index contributed by atoms with van der Waals surface area (Å²) in [6.45, 7) is 5.85. The van der Waals surface area contributed by atoms with E-state index in [1.54, 1.807) is 4.90 Å². The Bertz CT molecular complexity index is 288. The molecule has 0 radical (unpaired) electrons. The number of amides is 2. The summed E-state index contributed by atoms with van der Waals surface area (Å²) in [5, 5.41) is 2.19. The van der Waals surface area contributed by atoms with E-state index < -0.39 is 5.41 Å². The van der Waals surface area contributed by atoms with Gasteiger partial charge in [0.1, 0.15) is 0 Å². The van der Waals surface area contributed by atoms with E-state index in [2.05, 4.69) is 5.32 Å². The van der Waals surface area contributed by atoms with Crippen LogP contribution in [0.25, 0.3) is 0 Å². The molecular formula is C10H16N2O3. The number of imide groups is 1. The predicted octanol–water partition coefficient (Wildman–Crippen LogP) is -0.440. The molecule has 0 aromatic carbocycles. The Kier molecular flexibility index (Phi) is 3.24. The van der Waals surface area contributed by atoms with Crippen LogP contribution in [0.2, 0.25) is 0 Å². The SMILES string of the molecule is CC(C)(C)C(=O)CN1CC(=O)NC(=O)C1. The van der Waals surface area contributed by atoms with Crippen LogP contribution in [0.5, 0.6) is 0 Å². The van der Waals surface area contributed by atoms with Crippen LogP contribution < -0.4 is 5.32 Å². The minimum absolute atomic E-state index is 0.0324. The van der Waals surface area contributed by atoms with Gasteiger partial charge in [-0.2, -0.15) is 0 Å². The lowest BCUT2D eigenvalue weighted by molar-refractivity contribution is -0.137. The maximum absolute atomic E-state index is 11.7. The van der Waals surface area contributed by atoms with Gasteiger partial charge in [0.2, 0.25) is 11.8 Å². The van der Waals surface area contributed by atoms with E-state index in [0.29, 0.717) is 0 Å². The second-order valence-corrected chi connectivity index (χ2v) is 4.79. The van der Waals surface area contributed by atoms with Gasteiger partial charge in [0, 0.05) is 5.41 Å². The summed E-state index contributed by atoms with van der Waals surface area (Å²) < 4.78 is 0. The van der Waals surface area contributed by atoms with Crippen molar-refractivity contribution in [3.8, 4) is 0 Å². The Morgan fingerprint density at radius 1 is 1.27 bits per heavy atom. The molecule has 1 rings (SSSR count). The molecule has 0 saturated carbocycles. The summed E-state index contributed by atoms with van der Waals surface area (Å²) in [7, 11) is 0. The summed E-state index contributed by atoms with van der Waals surface area (Å²) in [6.07, 6.45) is 0. The molecule has 1 aliphatic rings. The number of rotatable bonds is 2. The lowest BCUT2D eigenvalue weighted by Gasteiger charge is -2.27. The smallest absolute Gasteiger partial charge is 0.240 e. The standard InChI is InChI=1S/C10H16N2O3/c1-10(2,3)7(13)4-12-5-8(14)11-9(15)6-12/h4-6H2,1-3H3,(H,11,14,15). The van der Waals surface area contributed by atoms with Crippen molar-refractivity contribution < 1.29 is 14.4 Å². The van der Waals surface area contributed by atoms with Gasteiger partial charge in [-0.1, -0.05) is 20.8 Å². The highest BCUT2D eigenvalue weighted by atomic mass is 16.2. The van der Waals surface area contributed by atoms with Gasteiger partial charge in [-0.3, -0.25) is 24.6 Å². The van der Waals surface area contributed by atoms with Gasteiger partial charge in [-0.15, -0.1) is 0 Å². The zero-order chi connectivity index (χ0) is 11.6. The van der Waals surface area contributed by atoms with Gasteiger partial charge in [0.15, 0.2) is 5.78 Å². The van der Waals surface area contributed by atoms with Gasteiger partial charge in [0.05, 0.1) is 19.6 Å². The van der Waals surface area contributed by atoms with Gasteiger partial charge in [-0.05, 0) is 0 Å². The molecule has 0 atom stereocenters. The van der Waals surface area contributed by atoms with Crippen LogP contribution in [0.3, 0.4) is 0 Å². The Labute approximate surface area is 88.8 Å². The number of carbonyl (C=O) groups is 3.